The van der Waals surface area contributed by atoms with Gasteiger partial charge in [0.15, 0.2) is 0 Å². The highest BCUT2D eigenvalue weighted by atomic mass is 35.5. The van der Waals surface area contributed by atoms with Gasteiger partial charge in [-0.2, -0.15) is 0 Å². The van der Waals surface area contributed by atoms with Crippen LogP contribution in [0.3, 0.4) is 0 Å². The molecule has 2 aromatic rings. The summed E-state index contributed by atoms with van der Waals surface area (Å²) in [6.07, 6.45) is 1.78. The highest BCUT2D eigenvalue weighted by molar-refractivity contribution is 7.89. The molecule has 152 valence electrons. The maximum absolute atomic E-state index is 12.3. The van der Waals surface area contributed by atoms with Gasteiger partial charge < -0.3 is 15.8 Å². The molecule has 0 bridgehead atoms. The smallest absolute Gasteiger partial charge is 0.251 e. The lowest BCUT2D eigenvalue weighted by atomic mass is 10.2. The van der Waals surface area contributed by atoms with Crippen LogP contribution in [0.1, 0.15) is 28.8 Å². The van der Waals surface area contributed by atoms with Crippen LogP contribution in [0.15, 0.2) is 53.4 Å². The lowest BCUT2D eigenvalue weighted by Gasteiger charge is -2.12. The number of nitrogens with two attached hydrogens (primary N) is 1. The Bertz CT molecular complexity index is 880. The first-order chi connectivity index (χ1) is 12.9. The van der Waals surface area contributed by atoms with Crippen LogP contribution in [0.25, 0.3) is 0 Å². The molecule has 1 saturated heterocycles. The number of benzene rings is 2. The summed E-state index contributed by atoms with van der Waals surface area (Å²) in [6, 6.07) is 13.1. The van der Waals surface area contributed by atoms with Gasteiger partial charge >= 0.3 is 0 Å². The first-order valence-electron chi connectivity index (χ1n) is 8.78. The van der Waals surface area contributed by atoms with E-state index in [4.69, 9.17) is 10.5 Å². The zero-order valence-corrected chi connectivity index (χ0v) is 16.9. The molecule has 0 aliphatic carbocycles. The van der Waals surface area contributed by atoms with Crippen molar-refractivity contribution in [2.45, 2.75) is 30.4 Å². The summed E-state index contributed by atoms with van der Waals surface area (Å²) >= 11 is 0. The predicted molar refractivity (Wildman–Crippen MR) is 110 cm³/mol. The van der Waals surface area contributed by atoms with Crippen molar-refractivity contribution in [2.75, 3.05) is 18.9 Å². The summed E-state index contributed by atoms with van der Waals surface area (Å²) in [4.78, 5) is 12.3. The van der Waals surface area contributed by atoms with Gasteiger partial charge in [0.25, 0.3) is 5.91 Å². The predicted octanol–water partition coefficient (Wildman–Crippen LogP) is 2.08. The van der Waals surface area contributed by atoms with Crippen LogP contribution >= 0.6 is 12.4 Å². The highest BCUT2D eigenvalue weighted by Crippen LogP contribution is 2.14. The Morgan fingerprint density at radius 3 is 2.39 bits per heavy atom. The third-order valence-corrected chi connectivity index (χ3v) is 5.82. The topological polar surface area (TPSA) is 111 Å². The molecule has 1 unspecified atom stereocenters. The molecule has 1 heterocycles. The summed E-state index contributed by atoms with van der Waals surface area (Å²) in [5, 5.41) is 2.79. The SMILES string of the molecule is Cl.Nc1ccc(C(=O)NCc2ccc(S(=O)(=O)NCC3CCCO3)cc2)cc1. The van der Waals surface area contributed by atoms with Gasteiger partial charge in [0.1, 0.15) is 0 Å². The molecule has 9 heteroatoms. The Labute approximate surface area is 171 Å². The van der Waals surface area contributed by atoms with E-state index in [0.29, 0.717) is 24.4 Å². The van der Waals surface area contributed by atoms with Crippen LogP contribution in [-0.4, -0.2) is 33.6 Å². The number of hydrogen-bond acceptors (Lipinski definition) is 5. The molecular weight excluding hydrogens is 402 g/mol. The minimum absolute atomic E-state index is 0. The van der Waals surface area contributed by atoms with E-state index < -0.39 is 10.0 Å². The van der Waals surface area contributed by atoms with Crippen LogP contribution in [-0.2, 0) is 21.3 Å². The third kappa shape index (κ3) is 5.93. The van der Waals surface area contributed by atoms with Crippen molar-refractivity contribution in [3.63, 3.8) is 0 Å². The molecular formula is C19H24ClN3O4S. The van der Waals surface area contributed by atoms with E-state index in [-0.39, 0.29) is 35.9 Å². The number of carbonyl (C=O) groups is 1. The monoisotopic (exact) mass is 425 g/mol. The first-order valence-corrected chi connectivity index (χ1v) is 10.3. The molecule has 1 amide bonds. The van der Waals surface area contributed by atoms with E-state index in [2.05, 4.69) is 10.0 Å². The summed E-state index contributed by atoms with van der Waals surface area (Å²) in [5.41, 5.74) is 7.52. The molecule has 2 aromatic carbocycles. The maximum atomic E-state index is 12.3. The summed E-state index contributed by atoms with van der Waals surface area (Å²) in [6.45, 7) is 1.26. The molecule has 7 nitrogen and oxygen atoms in total. The average Bonchev–Trinajstić information content (AvgIpc) is 3.19. The second kappa shape index (κ2) is 9.88. The number of sulfonamides is 1. The molecule has 3 rings (SSSR count). The van der Waals surface area contributed by atoms with E-state index in [1.165, 1.54) is 12.1 Å². The Kier molecular flexibility index (Phi) is 7.82. The first kappa shape index (κ1) is 22.2. The van der Waals surface area contributed by atoms with Crippen LogP contribution < -0.4 is 15.8 Å². The van der Waals surface area contributed by atoms with Gasteiger partial charge in [-0.15, -0.1) is 12.4 Å². The Morgan fingerprint density at radius 1 is 1.11 bits per heavy atom. The van der Waals surface area contributed by atoms with Gasteiger partial charge in [0.05, 0.1) is 11.0 Å². The van der Waals surface area contributed by atoms with Gasteiger partial charge in [-0.25, -0.2) is 13.1 Å². The number of anilines is 1. The summed E-state index contributed by atoms with van der Waals surface area (Å²) < 4.78 is 32.7. The molecule has 1 fully saturated rings. The number of rotatable bonds is 7. The molecule has 0 aromatic heterocycles. The van der Waals surface area contributed by atoms with Crippen molar-refractivity contribution < 1.29 is 17.9 Å². The van der Waals surface area contributed by atoms with Crippen molar-refractivity contribution >= 4 is 34.0 Å². The number of halogens is 1. The number of hydrogen-bond donors (Lipinski definition) is 3. The van der Waals surface area contributed by atoms with Gasteiger partial charge in [-0.1, -0.05) is 12.1 Å². The van der Waals surface area contributed by atoms with Gasteiger partial charge in [-0.05, 0) is 54.8 Å². The minimum atomic E-state index is -3.57. The van der Waals surface area contributed by atoms with Crippen molar-refractivity contribution in [2.24, 2.45) is 0 Å². The number of nitrogen functional groups attached to an aromatic ring is 1. The standard InChI is InChI=1S/C19H23N3O4S.ClH/c20-16-7-5-15(6-8-16)19(23)21-12-14-3-9-18(10-4-14)27(24,25)22-13-17-2-1-11-26-17;/h3-10,17,22H,1-2,11-13,20H2,(H,21,23);1H. The number of amides is 1. The van der Waals surface area contributed by atoms with E-state index in [0.717, 1.165) is 18.4 Å². The normalized spacial score (nSPS) is 16.4. The fraction of sp³-hybridized carbons (Fsp3) is 0.316. The van der Waals surface area contributed by atoms with Gasteiger partial charge in [0, 0.05) is 30.9 Å². The van der Waals surface area contributed by atoms with E-state index >= 15 is 0 Å². The average molecular weight is 426 g/mol. The number of ether oxygens (including phenoxy) is 1. The summed E-state index contributed by atoms with van der Waals surface area (Å²) in [5.74, 6) is -0.218. The number of carbonyl (C=O) groups excluding carboxylic acids is 1. The molecule has 0 saturated carbocycles. The Hall–Kier alpha value is -2.13. The lowest BCUT2D eigenvalue weighted by Crippen LogP contribution is -2.31. The molecule has 0 radical (unpaired) electrons. The zero-order valence-electron chi connectivity index (χ0n) is 15.3. The van der Waals surface area contributed by atoms with Gasteiger partial charge in [-0.3, -0.25) is 4.79 Å². The number of nitrogens with one attached hydrogen (secondary N) is 2. The molecule has 1 atom stereocenters. The highest BCUT2D eigenvalue weighted by Gasteiger charge is 2.20. The lowest BCUT2D eigenvalue weighted by molar-refractivity contribution is 0.0951. The fourth-order valence-electron chi connectivity index (χ4n) is 2.80. The Balaban J connectivity index is 0.00000280. The second-order valence-electron chi connectivity index (χ2n) is 6.44. The van der Waals surface area contributed by atoms with E-state index in [1.54, 1.807) is 36.4 Å². The second-order valence-corrected chi connectivity index (χ2v) is 8.20. The van der Waals surface area contributed by atoms with Crippen LogP contribution in [0, 0.1) is 0 Å². The molecule has 28 heavy (non-hydrogen) atoms. The molecule has 0 spiro atoms. The quantitative estimate of drug-likeness (QED) is 0.588. The van der Waals surface area contributed by atoms with E-state index in [9.17, 15) is 13.2 Å². The molecule has 4 N–H and O–H groups in total. The maximum Gasteiger partial charge on any atom is 0.251 e. The summed E-state index contributed by atoms with van der Waals surface area (Å²) in [7, 11) is -3.57. The van der Waals surface area contributed by atoms with Crippen LogP contribution in [0.2, 0.25) is 0 Å². The fourth-order valence-corrected chi connectivity index (χ4v) is 3.86. The molecule has 1 aliphatic rings. The van der Waals surface area contributed by atoms with Gasteiger partial charge in [0.2, 0.25) is 10.0 Å². The van der Waals surface area contributed by atoms with Crippen molar-refractivity contribution in [3.05, 3.63) is 59.7 Å². The van der Waals surface area contributed by atoms with Crippen molar-refractivity contribution in [3.8, 4) is 0 Å². The van der Waals surface area contributed by atoms with Crippen LogP contribution in [0.4, 0.5) is 5.69 Å². The van der Waals surface area contributed by atoms with Crippen molar-refractivity contribution in [1.82, 2.24) is 10.0 Å². The minimum Gasteiger partial charge on any atom is -0.399 e. The molecule has 1 aliphatic heterocycles. The largest absolute Gasteiger partial charge is 0.399 e. The van der Waals surface area contributed by atoms with E-state index in [1.807, 2.05) is 0 Å². The van der Waals surface area contributed by atoms with Crippen LogP contribution in [0.5, 0.6) is 0 Å². The third-order valence-electron chi connectivity index (χ3n) is 4.38. The zero-order chi connectivity index (χ0) is 19.3. The van der Waals surface area contributed by atoms with Crippen molar-refractivity contribution in [1.29, 1.82) is 0 Å². The Morgan fingerprint density at radius 2 is 1.79 bits per heavy atom.